The quantitative estimate of drug-likeness (QED) is 0.889. The predicted molar refractivity (Wildman–Crippen MR) is 67.9 cm³/mol. The van der Waals surface area contributed by atoms with Crippen molar-refractivity contribution in [2.75, 3.05) is 13.1 Å². The number of imidazole rings is 1. The summed E-state index contributed by atoms with van der Waals surface area (Å²) in [5.74, 6) is 0.532. The smallest absolute Gasteiger partial charge is 0.115 e. The van der Waals surface area contributed by atoms with Crippen molar-refractivity contribution in [1.82, 2.24) is 24.8 Å². The van der Waals surface area contributed by atoms with E-state index in [0.717, 1.165) is 19.6 Å². The lowest BCUT2D eigenvalue weighted by Crippen LogP contribution is -2.34. The second kappa shape index (κ2) is 5.27. The number of nitrogens with zero attached hydrogens (tertiary/aromatic N) is 4. The second-order valence-electron chi connectivity index (χ2n) is 4.79. The maximum atomic E-state index is 4.38. The van der Waals surface area contributed by atoms with E-state index in [1.54, 1.807) is 12.7 Å². The van der Waals surface area contributed by atoms with E-state index in [-0.39, 0.29) is 0 Å². The van der Waals surface area contributed by atoms with E-state index in [0.29, 0.717) is 5.92 Å². The van der Waals surface area contributed by atoms with Crippen LogP contribution in [0.5, 0.6) is 0 Å². The molecule has 94 valence electrons. The third-order valence-electron chi connectivity index (χ3n) is 3.48. The van der Waals surface area contributed by atoms with Gasteiger partial charge in [-0.1, -0.05) is 0 Å². The molecule has 0 aromatic carbocycles. The highest BCUT2D eigenvalue weighted by molar-refractivity contribution is 5.08. The SMILES string of the molecule is c1cc([C@H]2CCCN(Cc3cnc[nH]3)C2)ncn1. The number of H-pyrrole nitrogens is 1. The minimum atomic E-state index is 0.532. The summed E-state index contributed by atoms with van der Waals surface area (Å²) in [6, 6.07) is 2.03. The van der Waals surface area contributed by atoms with Crippen LogP contribution >= 0.6 is 0 Å². The first-order valence-electron chi connectivity index (χ1n) is 6.37. The van der Waals surface area contributed by atoms with Crippen molar-refractivity contribution in [1.29, 1.82) is 0 Å². The number of hydrogen-bond acceptors (Lipinski definition) is 4. The highest BCUT2D eigenvalue weighted by atomic mass is 15.1. The monoisotopic (exact) mass is 243 g/mol. The van der Waals surface area contributed by atoms with Crippen LogP contribution in [-0.4, -0.2) is 37.9 Å². The standard InChI is InChI=1S/C13H17N5/c1-2-11(13-3-4-14-9-17-13)7-18(5-1)8-12-6-15-10-16-12/h3-4,6,9-11H,1-2,5,7-8H2,(H,15,16)/t11-/m0/s1. The van der Waals surface area contributed by atoms with Crippen LogP contribution in [0.15, 0.2) is 31.1 Å². The molecule has 0 bridgehead atoms. The molecule has 0 aliphatic carbocycles. The van der Waals surface area contributed by atoms with Crippen LogP contribution in [-0.2, 0) is 6.54 Å². The Kier molecular flexibility index (Phi) is 3.32. The first kappa shape index (κ1) is 11.3. The average molecular weight is 243 g/mol. The van der Waals surface area contributed by atoms with Crippen LogP contribution in [0.3, 0.4) is 0 Å². The van der Waals surface area contributed by atoms with Crippen molar-refractivity contribution in [2.24, 2.45) is 0 Å². The molecule has 1 aliphatic heterocycles. The van der Waals surface area contributed by atoms with Crippen LogP contribution in [0.2, 0.25) is 0 Å². The van der Waals surface area contributed by atoms with E-state index in [1.807, 2.05) is 18.5 Å². The Morgan fingerprint density at radius 2 is 2.39 bits per heavy atom. The Balaban J connectivity index is 1.65. The fourth-order valence-electron chi connectivity index (χ4n) is 2.60. The number of aromatic nitrogens is 4. The van der Waals surface area contributed by atoms with Gasteiger partial charge in [0.15, 0.2) is 0 Å². The lowest BCUT2D eigenvalue weighted by molar-refractivity contribution is 0.196. The van der Waals surface area contributed by atoms with Gasteiger partial charge < -0.3 is 4.98 Å². The second-order valence-corrected chi connectivity index (χ2v) is 4.79. The molecule has 5 nitrogen and oxygen atoms in total. The summed E-state index contributed by atoms with van der Waals surface area (Å²) in [6.45, 7) is 3.16. The number of piperidine rings is 1. The fourth-order valence-corrected chi connectivity index (χ4v) is 2.60. The van der Waals surface area contributed by atoms with Gasteiger partial charge >= 0.3 is 0 Å². The van der Waals surface area contributed by atoms with Crippen molar-refractivity contribution in [2.45, 2.75) is 25.3 Å². The molecule has 2 aromatic rings. The topological polar surface area (TPSA) is 57.7 Å². The van der Waals surface area contributed by atoms with E-state index in [1.165, 1.54) is 24.2 Å². The number of aromatic amines is 1. The molecule has 5 heteroatoms. The molecular weight excluding hydrogens is 226 g/mol. The molecule has 3 heterocycles. The number of likely N-dealkylation sites (tertiary alicyclic amines) is 1. The molecule has 1 N–H and O–H groups in total. The minimum absolute atomic E-state index is 0.532. The van der Waals surface area contributed by atoms with E-state index in [4.69, 9.17) is 0 Å². The lowest BCUT2D eigenvalue weighted by atomic mass is 9.94. The zero-order valence-electron chi connectivity index (χ0n) is 10.3. The highest BCUT2D eigenvalue weighted by Gasteiger charge is 2.22. The first-order valence-corrected chi connectivity index (χ1v) is 6.37. The summed E-state index contributed by atoms with van der Waals surface area (Å²) < 4.78 is 0. The van der Waals surface area contributed by atoms with Gasteiger partial charge in [0, 0.05) is 42.8 Å². The minimum Gasteiger partial charge on any atom is -0.347 e. The number of hydrogen-bond donors (Lipinski definition) is 1. The predicted octanol–water partition coefficient (Wildman–Crippen LogP) is 1.58. The Bertz CT molecular complexity index is 467. The Hall–Kier alpha value is -1.75. The highest BCUT2D eigenvalue weighted by Crippen LogP contribution is 2.25. The van der Waals surface area contributed by atoms with Gasteiger partial charge in [-0.25, -0.2) is 15.0 Å². The molecule has 0 unspecified atom stereocenters. The molecule has 1 atom stereocenters. The summed E-state index contributed by atoms with van der Waals surface area (Å²) in [7, 11) is 0. The maximum absolute atomic E-state index is 4.38. The number of nitrogens with one attached hydrogen (secondary N) is 1. The molecule has 1 aliphatic rings. The Morgan fingerprint density at radius 1 is 1.39 bits per heavy atom. The van der Waals surface area contributed by atoms with Crippen LogP contribution in [0.1, 0.15) is 30.1 Å². The molecule has 2 aromatic heterocycles. The van der Waals surface area contributed by atoms with Gasteiger partial charge in [-0.3, -0.25) is 4.90 Å². The van der Waals surface area contributed by atoms with Crippen molar-refractivity contribution in [3.63, 3.8) is 0 Å². The van der Waals surface area contributed by atoms with Crippen LogP contribution in [0.4, 0.5) is 0 Å². The van der Waals surface area contributed by atoms with E-state index in [2.05, 4.69) is 24.8 Å². The van der Waals surface area contributed by atoms with Gasteiger partial charge in [0.05, 0.1) is 6.33 Å². The zero-order chi connectivity index (χ0) is 12.2. The molecule has 1 fully saturated rings. The third kappa shape index (κ3) is 2.56. The molecule has 0 radical (unpaired) electrons. The largest absolute Gasteiger partial charge is 0.347 e. The zero-order valence-corrected chi connectivity index (χ0v) is 10.3. The summed E-state index contributed by atoms with van der Waals surface area (Å²) in [5, 5.41) is 0. The molecular formula is C13H17N5. The lowest BCUT2D eigenvalue weighted by Gasteiger charge is -2.31. The van der Waals surface area contributed by atoms with Crippen molar-refractivity contribution >= 4 is 0 Å². The van der Waals surface area contributed by atoms with E-state index < -0.39 is 0 Å². The molecule has 1 saturated heterocycles. The van der Waals surface area contributed by atoms with Crippen molar-refractivity contribution < 1.29 is 0 Å². The fraction of sp³-hybridized carbons (Fsp3) is 0.462. The molecule has 3 rings (SSSR count). The van der Waals surface area contributed by atoms with Crippen molar-refractivity contribution in [3.8, 4) is 0 Å². The summed E-state index contributed by atoms with van der Waals surface area (Å²) in [5.41, 5.74) is 2.35. The van der Waals surface area contributed by atoms with Crippen LogP contribution in [0, 0.1) is 0 Å². The van der Waals surface area contributed by atoms with Gasteiger partial charge in [0.1, 0.15) is 6.33 Å². The molecule has 0 spiro atoms. The van der Waals surface area contributed by atoms with Gasteiger partial charge in [-0.05, 0) is 25.5 Å². The third-order valence-corrected chi connectivity index (χ3v) is 3.48. The van der Waals surface area contributed by atoms with Gasteiger partial charge in [-0.2, -0.15) is 0 Å². The van der Waals surface area contributed by atoms with Crippen LogP contribution < -0.4 is 0 Å². The summed E-state index contributed by atoms with van der Waals surface area (Å²) >= 11 is 0. The maximum Gasteiger partial charge on any atom is 0.115 e. The van der Waals surface area contributed by atoms with Gasteiger partial charge in [0.2, 0.25) is 0 Å². The Labute approximate surface area is 106 Å². The molecule has 0 amide bonds. The van der Waals surface area contributed by atoms with E-state index in [9.17, 15) is 0 Å². The molecule has 0 saturated carbocycles. The Morgan fingerprint density at radius 3 is 3.17 bits per heavy atom. The average Bonchev–Trinajstić information content (AvgIpc) is 2.93. The molecule has 18 heavy (non-hydrogen) atoms. The first-order chi connectivity index (χ1) is 8.92. The summed E-state index contributed by atoms with van der Waals surface area (Å²) in [4.78, 5) is 18.0. The van der Waals surface area contributed by atoms with Crippen LogP contribution in [0.25, 0.3) is 0 Å². The van der Waals surface area contributed by atoms with Gasteiger partial charge in [-0.15, -0.1) is 0 Å². The van der Waals surface area contributed by atoms with E-state index >= 15 is 0 Å². The van der Waals surface area contributed by atoms with Crippen molar-refractivity contribution in [3.05, 3.63) is 42.5 Å². The summed E-state index contributed by atoms with van der Waals surface area (Å²) in [6.07, 6.45) is 9.55. The van der Waals surface area contributed by atoms with Gasteiger partial charge in [0.25, 0.3) is 0 Å². The number of rotatable bonds is 3. The normalized spacial score (nSPS) is 21.0.